The Labute approximate surface area is 204 Å². The lowest BCUT2D eigenvalue weighted by Gasteiger charge is -2.30. The predicted octanol–water partition coefficient (Wildman–Crippen LogP) is 5.27. The lowest BCUT2D eigenvalue weighted by molar-refractivity contribution is 0.153. The number of hydrogen-bond donors (Lipinski definition) is 1. The number of hydrogen-bond acceptors (Lipinski definition) is 8. The van der Waals surface area contributed by atoms with Crippen molar-refractivity contribution in [3.8, 4) is 0 Å². The number of carbonyl (C=O) groups is 2. The van der Waals surface area contributed by atoms with Crippen LogP contribution in [-0.2, 0) is 10.2 Å². The quantitative estimate of drug-likeness (QED) is 0.431. The van der Waals surface area contributed by atoms with Crippen molar-refractivity contribution in [1.29, 1.82) is 0 Å². The van der Waals surface area contributed by atoms with Crippen molar-refractivity contribution < 1.29 is 14.3 Å². The lowest BCUT2D eigenvalue weighted by Crippen LogP contribution is -2.41. The Morgan fingerprint density at radius 3 is 2.45 bits per heavy atom. The zero-order valence-electron chi connectivity index (χ0n) is 20.4. The average Bonchev–Trinajstić information content (AvgIpc) is 3.13. The fourth-order valence-corrected chi connectivity index (χ4v) is 5.16. The third-order valence-corrected chi connectivity index (χ3v) is 7.40. The molecule has 2 heterocycles. The van der Waals surface area contributed by atoms with E-state index in [1.165, 1.54) is 16.5 Å². The SMILES string of the molecule is CCCSc1cc2nc(C(C)(C)C)n(C(=O)OCC)c2cc1NC(=O)SN1CCN(C)CC1. The molecular formula is C23H35N5O3S2. The first kappa shape index (κ1) is 25.9. The van der Waals surface area contributed by atoms with Crippen LogP contribution in [0.1, 0.15) is 46.9 Å². The highest BCUT2D eigenvalue weighted by Crippen LogP contribution is 2.35. The minimum absolute atomic E-state index is 0.129. The minimum Gasteiger partial charge on any atom is -0.449 e. The summed E-state index contributed by atoms with van der Waals surface area (Å²) in [6.07, 6.45) is 0.555. The number of anilines is 1. The molecule has 2 aromatic rings. The topological polar surface area (TPSA) is 79.7 Å². The Hall–Kier alpha value is -1.75. The van der Waals surface area contributed by atoms with Gasteiger partial charge in [-0.3, -0.25) is 4.79 Å². The number of thioether (sulfide) groups is 1. The zero-order valence-corrected chi connectivity index (χ0v) is 22.1. The van der Waals surface area contributed by atoms with Crippen molar-refractivity contribution in [1.82, 2.24) is 18.8 Å². The Morgan fingerprint density at radius 1 is 1.15 bits per heavy atom. The molecule has 0 radical (unpaired) electrons. The second-order valence-corrected chi connectivity index (χ2v) is 11.3. The number of ether oxygens (including phenoxy) is 1. The number of carbonyl (C=O) groups excluding carboxylic acids is 2. The van der Waals surface area contributed by atoms with Crippen molar-refractivity contribution in [3.05, 3.63) is 18.0 Å². The number of rotatable bonds is 6. The number of likely N-dealkylation sites (N-methyl/N-ethyl adjacent to an activating group) is 1. The molecule has 8 nitrogen and oxygen atoms in total. The van der Waals surface area contributed by atoms with Crippen LogP contribution in [0, 0.1) is 0 Å². The van der Waals surface area contributed by atoms with Crippen molar-refractivity contribution >= 4 is 51.8 Å². The molecule has 1 saturated heterocycles. The van der Waals surface area contributed by atoms with E-state index in [2.05, 4.69) is 28.5 Å². The van der Waals surface area contributed by atoms with Gasteiger partial charge in [0.1, 0.15) is 5.82 Å². The third-order valence-electron chi connectivity index (χ3n) is 5.25. The number of nitrogens with one attached hydrogen (secondary N) is 1. The maximum absolute atomic E-state index is 12.9. The average molecular weight is 494 g/mol. The van der Waals surface area contributed by atoms with E-state index >= 15 is 0 Å². The van der Waals surface area contributed by atoms with Crippen LogP contribution < -0.4 is 5.32 Å². The summed E-state index contributed by atoms with van der Waals surface area (Å²) in [7, 11) is 2.09. The van der Waals surface area contributed by atoms with Crippen LogP contribution in [0.5, 0.6) is 0 Å². The predicted molar refractivity (Wildman–Crippen MR) is 138 cm³/mol. The molecule has 33 heavy (non-hydrogen) atoms. The summed E-state index contributed by atoms with van der Waals surface area (Å²) in [6, 6.07) is 3.83. The van der Waals surface area contributed by atoms with Gasteiger partial charge in [-0.15, -0.1) is 11.8 Å². The highest BCUT2D eigenvalue weighted by molar-refractivity contribution is 8.11. The van der Waals surface area contributed by atoms with Gasteiger partial charge in [0, 0.05) is 48.4 Å². The van der Waals surface area contributed by atoms with Gasteiger partial charge in [0.25, 0.3) is 5.24 Å². The van der Waals surface area contributed by atoms with Gasteiger partial charge in [-0.05, 0) is 38.3 Å². The summed E-state index contributed by atoms with van der Waals surface area (Å²) in [5.74, 6) is 1.56. The number of amides is 1. The molecule has 0 atom stereocenters. The van der Waals surface area contributed by atoms with Gasteiger partial charge in [-0.1, -0.05) is 27.7 Å². The van der Waals surface area contributed by atoms with Gasteiger partial charge in [-0.2, -0.15) is 0 Å². The van der Waals surface area contributed by atoms with Gasteiger partial charge in [0.05, 0.1) is 23.3 Å². The van der Waals surface area contributed by atoms with E-state index in [4.69, 9.17) is 9.72 Å². The van der Waals surface area contributed by atoms with Crippen LogP contribution in [-0.4, -0.2) is 75.7 Å². The molecule has 0 aliphatic carbocycles. The smallest absolute Gasteiger partial charge is 0.419 e. The Kier molecular flexibility index (Phi) is 8.71. The summed E-state index contributed by atoms with van der Waals surface area (Å²) in [5, 5.41) is 2.94. The number of nitrogens with zero attached hydrogens (tertiary/aromatic N) is 4. The maximum atomic E-state index is 12.9. The minimum atomic E-state index is -0.456. The van der Waals surface area contributed by atoms with Crippen LogP contribution in [0.3, 0.4) is 0 Å². The maximum Gasteiger partial charge on any atom is 0.419 e. The van der Waals surface area contributed by atoms with Crippen LogP contribution in [0.15, 0.2) is 17.0 Å². The summed E-state index contributed by atoms with van der Waals surface area (Å²) in [5.41, 5.74) is 1.69. The first-order valence-corrected chi connectivity index (χ1v) is 13.2. The van der Waals surface area contributed by atoms with Crippen molar-refractivity contribution in [2.45, 2.75) is 51.3 Å². The molecule has 1 aromatic heterocycles. The number of aromatic nitrogens is 2. The van der Waals surface area contributed by atoms with E-state index in [-0.39, 0.29) is 17.3 Å². The van der Waals surface area contributed by atoms with Crippen LogP contribution >= 0.6 is 23.7 Å². The van der Waals surface area contributed by atoms with E-state index in [1.54, 1.807) is 18.7 Å². The molecule has 10 heteroatoms. The summed E-state index contributed by atoms with van der Waals surface area (Å²) in [4.78, 5) is 33.7. The molecule has 1 aliphatic heterocycles. The van der Waals surface area contributed by atoms with Crippen molar-refractivity contribution in [2.75, 3.05) is 50.9 Å². The Morgan fingerprint density at radius 2 is 1.85 bits per heavy atom. The number of benzene rings is 1. The van der Waals surface area contributed by atoms with Gasteiger partial charge >= 0.3 is 6.09 Å². The van der Waals surface area contributed by atoms with Gasteiger partial charge in [0.15, 0.2) is 0 Å². The summed E-state index contributed by atoms with van der Waals surface area (Å²) >= 11 is 2.90. The fraction of sp³-hybridized carbons (Fsp3) is 0.609. The van der Waals surface area contributed by atoms with Crippen molar-refractivity contribution in [3.63, 3.8) is 0 Å². The monoisotopic (exact) mass is 493 g/mol. The highest BCUT2D eigenvalue weighted by atomic mass is 32.2. The molecular weight excluding hydrogens is 458 g/mol. The third kappa shape index (κ3) is 6.44. The lowest BCUT2D eigenvalue weighted by atomic mass is 9.96. The first-order chi connectivity index (χ1) is 15.6. The standard InChI is InChI=1S/C23H35N5O3S2/c1-7-13-32-19-15-16-18(28(22(30)31-8-2)20(24-16)23(3,4)5)14-17(19)25-21(29)33-27-11-9-26(6)10-12-27/h14-15H,7-13H2,1-6H3,(H,25,29). The van der Waals surface area contributed by atoms with Gasteiger partial charge in [0.2, 0.25) is 0 Å². The molecule has 0 spiro atoms. The van der Waals surface area contributed by atoms with Crippen LogP contribution in [0.4, 0.5) is 15.3 Å². The second kappa shape index (κ2) is 11.1. The van der Waals surface area contributed by atoms with E-state index in [9.17, 15) is 9.59 Å². The molecule has 0 saturated carbocycles. The molecule has 3 rings (SSSR count). The molecule has 0 bridgehead atoms. The summed E-state index contributed by atoms with van der Waals surface area (Å²) in [6.45, 7) is 13.8. The highest BCUT2D eigenvalue weighted by Gasteiger charge is 2.28. The zero-order chi connectivity index (χ0) is 24.2. The van der Waals surface area contributed by atoms with E-state index in [0.717, 1.165) is 48.8 Å². The normalized spacial score (nSPS) is 15.7. The number of imidazole rings is 1. The molecule has 1 aromatic carbocycles. The Bertz CT molecular complexity index is 994. The van der Waals surface area contributed by atoms with Crippen molar-refractivity contribution in [2.24, 2.45) is 0 Å². The number of fused-ring (bicyclic) bond motifs is 1. The summed E-state index contributed by atoms with van der Waals surface area (Å²) < 4.78 is 8.96. The second-order valence-electron chi connectivity index (χ2n) is 9.14. The van der Waals surface area contributed by atoms with Crippen LogP contribution in [0.2, 0.25) is 0 Å². The van der Waals surface area contributed by atoms with Gasteiger partial charge in [-0.25, -0.2) is 18.7 Å². The Balaban J connectivity index is 1.98. The van der Waals surface area contributed by atoms with E-state index in [1.807, 2.05) is 32.9 Å². The molecule has 1 N–H and O–H groups in total. The van der Waals surface area contributed by atoms with E-state index < -0.39 is 6.09 Å². The molecule has 1 aliphatic rings. The first-order valence-electron chi connectivity index (χ1n) is 11.4. The van der Waals surface area contributed by atoms with Crippen LogP contribution in [0.25, 0.3) is 11.0 Å². The number of piperazine rings is 1. The molecule has 0 unspecified atom stereocenters. The molecule has 182 valence electrons. The van der Waals surface area contributed by atoms with Gasteiger partial charge < -0.3 is 15.0 Å². The van der Waals surface area contributed by atoms with E-state index in [0.29, 0.717) is 17.0 Å². The fourth-order valence-electron chi connectivity index (χ4n) is 3.54. The molecule has 1 amide bonds. The molecule has 1 fully saturated rings. The largest absolute Gasteiger partial charge is 0.449 e.